The monoisotopic (exact) mass is 305 g/mol. The number of cyclic esters (lactones) is 1. The van der Waals surface area contributed by atoms with Crippen LogP contribution in [0.25, 0.3) is 0 Å². The lowest BCUT2D eigenvalue weighted by molar-refractivity contribution is -0.125. The molecule has 0 bridgehead atoms. The summed E-state index contributed by atoms with van der Waals surface area (Å²) >= 11 is 0. The van der Waals surface area contributed by atoms with E-state index in [1.807, 2.05) is 50.2 Å². The Balaban J connectivity index is 1.94. The highest BCUT2D eigenvalue weighted by molar-refractivity contribution is 5.83. The topological polar surface area (TPSA) is 61.9 Å². The number of likely N-dealkylation sites (N-methyl/N-ethyl adjacent to an activating group) is 1. The van der Waals surface area contributed by atoms with Gasteiger partial charge in [-0.3, -0.25) is 9.69 Å². The third kappa shape index (κ3) is 3.98. The summed E-state index contributed by atoms with van der Waals surface area (Å²) < 4.78 is 4.86. The van der Waals surface area contributed by atoms with E-state index in [0.29, 0.717) is 26.2 Å². The van der Waals surface area contributed by atoms with E-state index in [-0.39, 0.29) is 18.0 Å². The molecule has 1 aromatic carbocycles. The molecule has 1 fully saturated rings. The normalized spacial score (nSPS) is 15.8. The largest absolute Gasteiger partial charge is 0.448 e. The minimum absolute atomic E-state index is 0.0665. The molecule has 22 heavy (non-hydrogen) atoms. The van der Waals surface area contributed by atoms with Gasteiger partial charge in [0.05, 0.1) is 6.54 Å². The molecule has 2 rings (SSSR count). The summed E-state index contributed by atoms with van der Waals surface area (Å²) in [5.41, 5.74) is 2.08. The van der Waals surface area contributed by atoms with Crippen molar-refractivity contribution in [3.8, 4) is 0 Å². The molecule has 1 atom stereocenters. The Morgan fingerprint density at radius 1 is 1.45 bits per heavy atom. The van der Waals surface area contributed by atoms with E-state index in [1.54, 1.807) is 4.90 Å². The van der Waals surface area contributed by atoms with Crippen LogP contribution in [0.15, 0.2) is 24.3 Å². The van der Waals surface area contributed by atoms with Gasteiger partial charge in [0.15, 0.2) is 0 Å². The zero-order valence-corrected chi connectivity index (χ0v) is 13.3. The van der Waals surface area contributed by atoms with Crippen molar-refractivity contribution in [3.63, 3.8) is 0 Å². The first-order valence-electron chi connectivity index (χ1n) is 7.41. The van der Waals surface area contributed by atoms with Crippen molar-refractivity contribution in [2.45, 2.75) is 13.0 Å². The standard InChI is InChI=1S/C16H23N3O3/c1-12-5-4-6-13(11-12)14(18(2)3)15(20)17-7-8-19-9-10-22-16(19)21/h4-6,11,14H,7-10H2,1-3H3,(H,17,20)/t14-/m1/s1. The summed E-state index contributed by atoms with van der Waals surface area (Å²) in [6.07, 6.45) is -0.308. The number of amides is 2. The number of hydrogen-bond donors (Lipinski definition) is 1. The highest BCUT2D eigenvalue weighted by Crippen LogP contribution is 2.19. The first kappa shape index (κ1) is 16.3. The van der Waals surface area contributed by atoms with E-state index in [1.165, 1.54) is 0 Å². The van der Waals surface area contributed by atoms with Gasteiger partial charge < -0.3 is 15.0 Å². The van der Waals surface area contributed by atoms with E-state index < -0.39 is 0 Å². The molecule has 0 unspecified atom stereocenters. The van der Waals surface area contributed by atoms with Gasteiger partial charge >= 0.3 is 6.09 Å². The van der Waals surface area contributed by atoms with Gasteiger partial charge in [0.2, 0.25) is 5.91 Å². The van der Waals surface area contributed by atoms with Gasteiger partial charge in [-0.05, 0) is 26.6 Å². The maximum Gasteiger partial charge on any atom is 0.409 e. The highest BCUT2D eigenvalue weighted by atomic mass is 16.6. The van der Waals surface area contributed by atoms with Crippen LogP contribution < -0.4 is 5.32 Å². The SMILES string of the molecule is Cc1cccc([C@H](C(=O)NCCN2CCOC2=O)N(C)C)c1. The van der Waals surface area contributed by atoms with Gasteiger partial charge in [0.25, 0.3) is 0 Å². The minimum Gasteiger partial charge on any atom is -0.448 e. The van der Waals surface area contributed by atoms with Crippen LogP contribution >= 0.6 is 0 Å². The summed E-state index contributed by atoms with van der Waals surface area (Å²) in [6, 6.07) is 7.59. The van der Waals surface area contributed by atoms with Gasteiger partial charge in [-0.15, -0.1) is 0 Å². The van der Waals surface area contributed by atoms with Gasteiger partial charge in [-0.2, -0.15) is 0 Å². The van der Waals surface area contributed by atoms with Crippen molar-refractivity contribution in [1.82, 2.24) is 15.1 Å². The molecule has 0 saturated carbocycles. The smallest absolute Gasteiger partial charge is 0.409 e. The number of aryl methyl sites for hydroxylation is 1. The van der Waals surface area contributed by atoms with E-state index in [4.69, 9.17) is 4.74 Å². The Morgan fingerprint density at radius 3 is 2.82 bits per heavy atom. The lowest BCUT2D eigenvalue weighted by Gasteiger charge is -2.24. The first-order valence-corrected chi connectivity index (χ1v) is 7.41. The summed E-state index contributed by atoms with van der Waals surface area (Å²) in [6.45, 7) is 3.91. The maximum atomic E-state index is 12.5. The quantitative estimate of drug-likeness (QED) is 0.857. The molecular weight excluding hydrogens is 282 g/mol. The molecule has 1 N–H and O–H groups in total. The number of nitrogens with zero attached hydrogens (tertiary/aromatic N) is 2. The fraction of sp³-hybridized carbons (Fsp3) is 0.500. The van der Waals surface area contributed by atoms with Gasteiger partial charge in [-0.25, -0.2) is 4.79 Å². The average molecular weight is 305 g/mol. The molecule has 0 spiro atoms. The zero-order chi connectivity index (χ0) is 16.1. The van der Waals surface area contributed by atoms with Crippen molar-refractivity contribution < 1.29 is 14.3 Å². The van der Waals surface area contributed by atoms with Crippen LogP contribution in [0.5, 0.6) is 0 Å². The fourth-order valence-electron chi connectivity index (χ4n) is 2.56. The van der Waals surface area contributed by atoms with Crippen LogP contribution in [0, 0.1) is 6.92 Å². The number of nitrogens with one attached hydrogen (secondary N) is 1. The number of ether oxygens (including phenoxy) is 1. The lowest BCUT2D eigenvalue weighted by Crippen LogP contribution is -2.41. The van der Waals surface area contributed by atoms with Crippen LogP contribution in [-0.2, 0) is 9.53 Å². The minimum atomic E-state index is -0.342. The maximum absolute atomic E-state index is 12.5. The Bertz CT molecular complexity index is 545. The molecule has 1 aliphatic rings. The van der Waals surface area contributed by atoms with Gasteiger partial charge in [0.1, 0.15) is 12.6 Å². The number of benzene rings is 1. The number of rotatable bonds is 6. The molecule has 1 saturated heterocycles. The predicted octanol–water partition coefficient (Wildman–Crippen LogP) is 1.17. The molecule has 2 amide bonds. The first-order chi connectivity index (χ1) is 10.5. The predicted molar refractivity (Wildman–Crippen MR) is 83.5 cm³/mol. The Labute approximate surface area is 131 Å². The summed E-state index contributed by atoms with van der Waals surface area (Å²) in [7, 11) is 3.76. The van der Waals surface area contributed by atoms with Crippen LogP contribution in [0.3, 0.4) is 0 Å². The van der Waals surface area contributed by atoms with E-state index in [9.17, 15) is 9.59 Å². The molecule has 0 aliphatic carbocycles. The molecule has 0 aromatic heterocycles. The molecule has 120 valence electrons. The Morgan fingerprint density at radius 2 is 2.23 bits per heavy atom. The Hall–Kier alpha value is -2.08. The number of carbonyl (C=O) groups excluding carboxylic acids is 2. The van der Waals surface area contributed by atoms with Gasteiger partial charge in [0, 0.05) is 13.1 Å². The van der Waals surface area contributed by atoms with Crippen LogP contribution in [-0.4, -0.2) is 62.1 Å². The summed E-state index contributed by atoms with van der Waals surface area (Å²) in [4.78, 5) is 27.3. The number of carbonyl (C=O) groups is 2. The summed E-state index contributed by atoms with van der Waals surface area (Å²) in [5, 5.41) is 2.90. The molecule has 0 radical (unpaired) electrons. The van der Waals surface area contributed by atoms with Crippen LogP contribution in [0.2, 0.25) is 0 Å². The van der Waals surface area contributed by atoms with Crippen molar-refractivity contribution in [2.75, 3.05) is 40.3 Å². The third-order valence-corrected chi connectivity index (χ3v) is 3.65. The van der Waals surface area contributed by atoms with Crippen LogP contribution in [0.1, 0.15) is 17.2 Å². The van der Waals surface area contributed by atoms with Crippen molar-refractivity contribution in [2.24, 2.45) is 0 Å². The Kier molecular flexibility index (Phi) is 5.38. The second kappa shape index (κ2) is 7.26. The van der Waals surface area contributed by atoms with Crippen molar-refractivity contribution in [1.29, 1.82) is 0 Å². The molecular formula is C16H23N3O3. The van der Waals surface area contributed by atoms with Crippen LogP contribution in [0.4, 0.5) is 4.79 Å². The molecule has 1 heterocycles. The molecule has 6 nitrogen and oxygen atoms in total. The average Bonchev–Trinajstić information content (AvgIpc) is 2.84. The van der Waals surface area contributed by atoms with E-state index in [2.05, 4.69) is 5.32 Å². The number of hydrogen-bond acceptors (Lipinski definition) is 4. The molecule has 6 heteroatoms. The summed E-state index contributed by atoms with van der Waals surface area (Å²) in [5.74, 6) is -0.0665. The van der Waals surface area contributed by atoms with Gasteiger partial charge in [-0.1, -0.05) is 29.8 Å². The van der Waals surface area contributed by atoms with E-state index >= 15 is 0 Å². The van der Waals surface area contributed by atoms with Crippen molar-refractivity contribution in [3.05, 3.63) is 35.4 Å². The molecule has 1 aliphatic heterocycles. The lowest BCUT2D eigenvalue weighted by atomic mass is 10.0. The third-order valence-electron chi connectivity index (χ3n) is 3.65. The molecule has 1 aromatic rings. The van der Waals surface area contributed by atoms with Crippen molar-refractivity contribution >= 4 is 12.0 Å². The fourth-order valence-corrected chi connectivity index (χ4v) is 2.56. The second-order valence-electron chi connectivity index (χ2n) is 5.67. The highest BCUT2D eigenvalue weighted by Gasteiger charge is 2.24. The van der Waals surface area contributed by atoms with E-state index in [0.717, 1.165) is 11.1 Å². The second-order valence-corrected chi connectivity index (χ2v) is 5.67. The zero-order valence-electron chi connectivity index (χ0n) is 13.3.